The van der Waals surface area contributed by atoms with Crippen LogP contribution in [-0.2, 0) is 11.4 Å². The minimum Gasteiger partial charge on any atom is -0.465 e. The molecule has 1 heterocycles. The van der Waals surface area contributed by atoms with Crippen LogP contribution >= 0.6 is 22.6 Å². The van der Waals surface area contributed by atoms with E-state index in [1.54, 1.807) is 0 Å². The highest BCUT2D eigenvalue weighted by Gasteiger charge is 2.35. The normalized spacial score (nSPS) is 11.2. The number of pyridine rings is 1. The molecule has 0 radical (unpaired) electrons. The van der Waals surface area contributed by atoms with Gasteiger partial charge in [0, 0.05) is 6.20 Å². The highest BCUT2D eigenvalue weighted by molar-refractivity contribution is 14.1. The summed E-state index contributed by atoms with van der Waals surface area (Å²) >= 11 is 1.54. The van der Waals surface area contributed by atoms with Gasteiger partial charge in [-0.15, -0.1) is 13.2 Å². The van der Waals surface area contributed by atoms with Gasteiger partial charge in [-0.05, 0) is 22.6 Å². The van der Waals surface area contributed by atoms with Gasteiger partial charge in [0.25, 0.3) is 0 Å². The molecule has 0 saturated carbocycles. The van der Waals surface area contributed by atoms with E-state index in [1.807, 2.05) is 0 Å². The first-order valence-electron chi connectivity index (χ1n) is 4.37. The highest BCUT2D eigenvalue weighted by atomic mass is 127. The predicted molar refractivity (Wildman–Crippen MR) is 59.8 cm³/mol. The minimum atomic E-state index is -5.04. The zero-order valence-electron chi connectivity index (χ0n) is 8.85. The van der Waals surface area contributed by atoms with E-state index in [2.05, 4.69) is 14.5 Å². The number of hydrogen-bond acceptors (Lipinski definition) is 4. The van der Waals surface area contributed by atoms with E-state index in [9.17, 15) is 22.4 Å². The van der Waals surface area contributed by atoms with Crippen molar-refractivity contribution in [3.63, 3.8) is 0 Å². The fourth-order valence-corrected chi connectivity index (χ4v) is 1.65. The van der Waals surface area contributed by atoms with Gasteiger partial charge in [-0.25, -0.2) is 14.2 Å². The Bertz CT molecular complexity index is 464. The van der Waals surface area contributed by atoms with Gasteiger partial charge in [-0.3, -0.25) is 0 Å². The van der Waals surface area contributed by atoms with Crippen LogP contribution in [0.3, 0.4) is 0 Å². The van der Waals surface area contributed by atoms with Gasteiger partial charge in [0.2, 0.25) is 0 Å². The highest BCUT2D eigenvalue weighted by Crippen LogP contribution is 2.33. The Balaban J connectivity index is 3.39. The van der Waals surface area contributed by atoms with E-state index >= 15 is 0 Å². The molecule has 100 valence electrons. The SMILES string of the molecule is COC(=O)c1cnc(I)c(CF)c1OC(F)(F)F. The molecule has 1 aromatic heterocycles. The van der Waals surface area contributed by atoms with Gasteiger partial charge < -0.3 is 9.47 Å². The van der Waals surface area contributed by atoms with Crippen molar-refractivity contribution in [3.8, 4) is 5.75 Å². The van der Waals surface area contributed by atoms with Crippen molar-refractivity contribution in [2.45, 2.75) is 13.0 Å². The zero-order valence-corrected chi connectivity index (χ0v) is 11.0. The second kappa shape index (κ2) is 5.67. The Kier molecular flexibility index (Phi) is 4.71. The number of carbonyl (C=O) groups excluding carboxylic acids is 1. The van der Waals surface area contributed by atoms with Crippen LogP contribution in [0.25, 0.3) is 0 Å². The fraction of sp³-hybridized carbons (Fsp3) is 0.333. The molecule has 0 aliphatic rings. The number of rotatable bonds is 3. The van der Waals surface area contributed by atoms with Gasteiger partial charge in [0.1, 0.15) is 15.9 Å². The smallest absolute Gasteiger partial charge is 0.465 e. The summed E-state index contributed by atoms with van der Waals surface area (Å²) < 4.78 is 57.3. The summed E-state index contributed by atoms with van der Waals surface area (Å²) in [5.74, 6) is -2.01. The van der Waals surface area contributed by atoms with Gasteiger partial charge in [0.05, 0.1) is 12.7 Å². The Hall–Kier alpha value is -1.13. The molecule has 0 saturated heterocycles. The summed E-state index contributed by atoms with van der Waals surface area (Å²) in [6, 6.07) is 0. The summed E-state index contributed by atoms with van der Waals surface area (Å²) in [7, 11) is 0.979. The molecular formula is C9H6F4INO3. The molecule has 0 unspecified atom stereocenters. The van der Waals surface area contributed by atoms with Crippen molar-refractivity contribution in [1.29, 1.82) is 0 Å². The van der Waals surface area contributed by atoms with Crippen LogP contribution in [-0.4, -0.2) is 24.4 Å². The number of esters is 1. The first-order valence-corrected chi connectivity index (χ1v) is 5.45. The lowest BCUT2D eigenvalue weighted by atomic mass is 10.2. The van der Waals surface area contributed by atoms with Gasteiger partial charge >= 0.3 is 12.3 Å². The Morgan fingerprint density at radius 1 is 1.50 bits per heavy atom. The van der Waals surface area contributed by atoms with Crippen LogP contribution in [0.15, 0.2) is 6.20 Å². The summed E-state index contributed by atoms with van der Waals surface area (Å²) in [6.07, 6.45) is -4.20. The second-order valence-corrected chi connectivity index (χ2v) is 3.97. The Labute approximate surface area is 112 Å². The van der Waals surface area contributed by atoms with E-state index in [0.717, 1.165) is 13.3 Å². The van der Waals surface area contributed by atoms with E-state index in [0.29, 0.717) is 0 Å². The maximum absolute atomic E-state index is 12.7. The van der Waals surface area contributed by atoms with Crippen molar-refractivity contribution < 1.29 is 31.8 Å². The monoisotopic (exact) mass is 379 g/mol. The van der Waals surface area contributed by atoms with Gasteiger partial charge in [-0.2, -0.15) is 0 Å². The van der Waals surface area contributed by atoms with Crippen LogP contribution in [0.2, 0.25) is 0 Å². The van der Waals surface area contributed by atoms with Crippen molar-refractivity contribution >= 4 is 28.6 Å². The predicted octanol–water partition coefficient (Wildman–Crippen LogP) is 2.84. The number of alkyl halides is 4. The minimum absolute atomic E-state index is 0.0259. The molecule has 18 heavy (non-hydrogen) atoms. The summed E-state index contributed by atoms with van der Waals surface area (Å²) in [5, 5.41) is 0. The van der Waals surface area contributed by atoms with Gasteiger partial charge in [0.15, 0.2) is 5.75 Å². The summed E-state index contributed by atoms with van der Waals surface area (Å²) in [5.41, 5.74) is -1.03. The van der Waals surface area contributed by atoms with E-state index in [1.165, 1.54) is 22.6 Å². The first-order chi connectivity index (χ1) is 8.30. The molecule has 0 aliphatic heterocycles. The molecule has 0 fully saturated rings. The number of aromatic nitrogens is 1. The molecule has 9 heteroatoms. The lowest BCUT2D eigenvalue weighted by Gasteiger charge is -2.15. The second-order valence-electron chi connectivity index (χ2n) is 2.94. The van der Waals surface area contributed by atoms with Crippen LogP contribution < -0.4 is 4.74 Å². The quantitative estimate of drug-likeness (QED) is 0.351. The topological polar surface area (TPSA) is 48.4 Å². The standard InChI is InChI=1S/C9H6F4INO3/c1-17-8(16)5-3-15-7(14)4(2-10)6(5)18-9(11,12)13/h3H,2H2,1H3. The number of nitrogens with zero attached hydrogens (tertiary/aromatic N) is 1. The average Bonchev–Trinajstić information content (AvgIpc) is 2.26. The Morgan fingerprint density at radius 3 is 2.56 bits per heavy atom. The maximum atomic E-state index is 12.7. The van der Waals surface area contributed by atoms with Crippen molar-refractivity contribution in [3.05, 3.63) is 21.0 Å². The molecule has 0 spiro atoms. The lowest BCUT2D eigenvalue weighted by molar-refractivity contribution is -0.275. The molecule has 0 N–H and O–H groups in total. The molecule has 1 aromatic rings. The largest absolute Gasteiger partial charge is 0.573 e. The molecule has 0 atom stereocenters. The average molecular weight is 379 g/mol. The third-order valence-electron chi connectivity index (χ3n) is 1.83. The molecule has 4 nitrogen and oxygen atoms in total. The first kappa shape index (κ1) is 14.9. The number of ether oxygens (including phenoxy) is 2. The molecule has 0 bridgehead atoms. The lowest BCUT2D eigenvalue weighted by Crippen LogP contribution is -2.21. The number of carbonyl (C=O) groups is 1. The molecule has 1 rings (SSSR count). The van der Waals surface area contributed by atoms with Crippen molar-refractivity contribution in [2.75, 3.05) is 7.11 Å². The summed E-state index contributed by atoms with van der Waals surface area (Å²) in [6.45, 7) is -1.25. The molecule has 0 aromatic carbocycles. The van der Waals surface area contributed by atoms with Crippen LogP contribution in [0.1, 0.15) is 15.9 Å². The third-order valence-corrected chi connectivity index (χ3v) is 2.76. The van der Waals surface area contributed by atoms with Crippen LogP contribution in [0.5, 0.6) is 5.75 Å². The fourth-order valence-electron chi connectivity index (χ4n) is 1.12. The summed E-state index contributed by atoms with van der Waals surface area (Å²) in [4.78, 5) is 14.9. The molecule has 0 aliphatic carbocycles. The van der Waals surface area contributed by atoms with Crippen molar-refractivity contribution in [1.82, 2.24) is 4.98 Å². The van der Waals surface area contributed by atoms with Gasteiger partial charge in [-0.1, -0.05) is 0 Å². The number of halogens is 5. The maximum Gasteiger partial charge on any atom is 0.573 e. The van der Waals surface area contributed by atoms with Crippen LogP contribution in [0.4, 0.5) is 17.6 Å². The van der Waals surface area contributed by atoms with Crippen LogP contribution in [0, 0.1) is 3.70 Å². The van der Waals surface area contributed by atoms with E-state index in [4.69, 9.17) is 0 Å². The zero-order chi connectivity index (χ0) is 13.9. The van der Waals surface area contributed by atoms with E-state index < -0.39 is 35.9 Å². The number of methoxy groups -OCH3 is 1. The van der Waals surface area contributed by atoms with Crippen molar-refractivity contribution in [2.24, 2.45) is 0 Å². The molecular weight excluding hydrogens is 373 g/mol. The molecule has 0 amide bonds. The van der Waals surface area contributed by atoms with E-state index in [-0.39, 0.29) is 3.70 Å². The Morgan fingerprint density at radius 2 is 2.11 bits per heavy atom. The third kappa shape index (κ3) is 3.43. The number of hydrogen-bond donors (Lipinski definition) is 0.